The molecule has 3 heterocycles. The number of likely N-dealkylation sites (tertiary alicyclic amines) is 1. The van der Waals surface area contributed by atoms with E-state index in [1.165, 1.54) is 21.1 Å². The van der Waals surface area contributed by atoms with Crippen LogP contribution in [0.3, 0.4) is 0 Å². The fourth-order valence-electron chi connectivity index (χ4n) is 4.58. The summed E-state index contributed by atoms with van der Waals surface area (Å²) < 4.78 is 41.3. The van der Waals surface area contributed by atoms with Gasteiger partial charge in [0.15, 0.2) is 5.69 Å². The average molecular weight is 576 g/mol. The number of nitrogens with zero attached hydrogens (tertiary/aromatic N) is 5. The molecule has 0 spiro atoms. The summed E-state index contributed by atoms with van der Waals surface area (Å²) in [6, 6.07) is 10.1. The molecule has 2 fully saturated rings. The number of hydrogen-bond donors (Lipinski definition) is 0. The first kappa shape index (κ1) is 27.1. The van der Waals surface area contributed by atoms with Gasteiger partial charge in [0, 0.05) is 48.9 Å². The van der Waals surface area contributed by atoms with Crippen LogP contribution in [0.15, 0.2) is 47.4 Å². The second-order valence-electron chi connectivity index (χ2n) is 9.18. The Morgan fingerprint density at radius 1 is 1.10 bits per heavy atom. The smallest absolute Gasteiger partial charge is 0.274 e. The number of benzene rings is 2. The molecular formula is C25H26ClN5O7S. The van der Waals surface area contributed by atoms with Gasteiger partial charge in [-0.15, -0.1) is 0 Å². The first-order chi connectivity index (χ1) is 18.7. The molecule has 0 atom stereocenters. The molecule has 0 radical (unpaired) electrons. The Morgan fingerprint density at radius 3 is 2.49 bits per heavy atom. The van der Waals surface area contributed by atoms with E-state index in [-0.39, 0.29) is 54.4 Å². The van der Waals surface area contributed by atoms with E-state index in [1.54, 1.807) is 36.1 Å². The first-order valence-corrected chi connectivity index (χ1v) is 14.2. The van der Waals surface area contributed by atoms with E-state index >= 15 is 0 Å². The van der Waals surface area contributed by atoms with Crippen molar-refractivity contribution in [2.45, 2.75) is 24.7 Å². The van der Waals surface area contributed by atoms with E-state index in [2.05, 4.69) is 5.10 Å². The molecule has 0 N–H and O–H groups in total. The molecule has 0 aliphatic carbocycles. The normalized spacial score (nSPS) is 16.4. The number of carbonyl (C=O) groups is 1. The van der Waals surface area contributed by atoms with Gasteiger partial charge in [-0.25, -0.2) is 8.42 Å². The highest BCUT2D eigenvalue weighted by atomic mass is 35.5. The SMILES string of the molecule is Cc1c(C(=O)N2CCCC2)nn(-c2cccc(Cl)c2)c1Oc1ccc([N+](=O)[O-])cc1S(=O)(=O)N1CCOCC1. The second-order valence-corrected chi connectivity index (χ2v) is 11.5. The van der Waals surface area contributed by atoms with Crippen molar-refractivity contribution in [3.05, 3.63) is 68.9 Å². The van der Waals surface area contributed by atoms with Gasteiger partial charge in [0.05, 0.1) is 23.8 Å². The van der Waals surface area contributed by atoms with Crippen LogP contribution in [0.1, 0.15) is 28.9 Å². The number of halogens is 1. The molecule has 206 valence electrons. The highest BCUT2D eigenvalue weighted by Gasteiger charge is 2.33. The highest BCUT2D eigenvalue weighted by molar-refractivity contribution is 7.89. The molecular weight excluding hydrogens is 550 g/mol. The van der Waals surface area contributed by atoms with Gasteiger partial charge in [-0.3, -0.25) is 14.9 Å². The number of nitro groups is 1. The molecule has 2 aliphatic rings. The summed E-state index contributed by atoms with van der Waals surface area (Å²) in [5.74, 6) is -0.314. The van der Waals surface area contributed by atoms with Crippen LogP contribution in [0, 0.1) is 17.0 Å². The summed E-state index contributed by atoms with van der Waals surface area (Å²) >= 11 is 6.22. The number of sulfonamides is 1. The number of amides is 1. The molecule has 0 saturated carbocycles. The third kappa shape index (κ3) is 5.35. The lowest BCUT2D eigenvalue weighted by Gasteiger charge is -2.26. The number of nitro benzene ring substituents is 1. The quantitative estimate of drug-likeness (QED) is 0.306. The van der Waals surface area contributed by atoms with Crippen molar-refractivity contribution in [1.29, 1.82) is 0 Å². The molecule has 0 bridgehead atoms. The number of aromatic nitrogens is 2. The van der Waals surface area contributed by atoms with E-state index in [1.807, 2.05) is 0 Å². The number of ether oxygens (including phenoxy) is 2. The summed E-state index contributed by atoms with van der Waals surface area (Å²) in [6.45, 7) is 3.48. The number of rotatable bonds is 7. The summed E-state index contributed by atoms with van der Waals surface area (Å²) in [6.07, 6.45) is 1.80. The van der Waals surface area contributed by atoms with Gasteiger partial charge in [0.25, 0.3) is 11.6 Å². The number of carbonyl (C=O) groups excluding carboxylic acids is 1. The summed E-state index contributed by atoms with van der Waals surface area (Å²) in [5.41, 5.74) is 0.631. The minimum atomic E-state index is -4.19. The lowest BCUT2D eigenvalue weighted by atomic mass is 10.2. The topological polar surface area (TPSA) is 137 Å². The van der Waals surface area contributed by atoms with Gasteiger partial charge in [-0.2, -0.15) is 14.1 Å². The molecule has 12 nitrogen and oxygen atoms in total. The Kier molecular flexibility index (Phi) is 7.58. The van der Waals surface area contributed by atoms with Crippen LogP contribution in [0.25, 0.3) is 5.69 Å². The maximum atomic E-state index is 13.6. The van der Waals surface area contributed by atoms with Crippen LogP contribution in [0.5, 0.6) is 11.6 Å². The zero-order valence-electron chi connectivity index (χ0n) is 21.1. The van der Waals surface area contributed by atoms with Gasteiger partial charge < -0.3 is 14.4 Å². The van der Waals surface area contributed by atoms with Crippen LogP contribution >= 0.6 is 11.6 Å². The predicted molar refractivity (Wildman–Crippen MR) is 141 cm³/mol. The Bertz CT molecular complexity index is 1530. The Morgan fingerprint density at radius 2 is 1.82 bits per heavy atom. The van der Waals surface area contributed by atoms with Crippen molar-refractivity contribution in [1.82, 2.24) is 19.0 Å². The minimum Gasteiger partial charge on any atom is -0.437 e. The zero-order chi connectivity index (χ0) is 27.7. The monoisotopic (exact) mass is 575 g/mol. The highest BCUT2D eigenvalue weighted by Crippen LogP contribution is 2.37. The Labute approximate surface area is 229 Å². The molecule has 14 heteroatoms. The summed E-state index contributed by atoms with van der Waals surface area (Å²) in [7, 11) is -4.19. The number of hydrogen-bond acceptors (Lipinski definition) is 8. The molecule has 1 amide bonds. The molecule has 5 rings (SSSR count). The van der Waals surface area contributed by atoms with Crippen LogP contribution in [0.4, 0.5) is 5.69 Å². The van der Waals surface area contributed by atoms with Crippen molar-refractivity contribution >= 4 is 33.2 Å². The lowest BCUT2D eigenvalue weighted by molar-refractivity contribution is -0.385. The van der Waals surface area contributed by atoms with E-state index in [0.29, 0.717) is 29.4 Å². The third-order valence-corrected chi connectivity index (χ3v) is 8.80. The standard InChI is InChI=1S/C25H26ClN5O7S/c1-17-23(24(32)28-9-2-3-10-28)27-30(19-6-4-5-18(26)15-19)25(17)38-21-8-7-20(31(33)34)16-22(21)39(35,36)29-11-13-37-14-12-29/h4-8,15-16H,2-3,9-14H2,1H3. The molecule has 2 aromatic carbocycles. The molecule has 2 saturated heterocycles. The average Bonchev–Trinajstić information content (AvgIpc) is 3.58. The fourth-order valence-corrected chi connectivity index (χ4v) is 6.31. The zero-order valence-corrected chi connectivity index (χ0v) is 22.7. The van der Waals surface area contributed by atoms with E-state index in [9.17, 15) is 23.3 Å². The van der Waals surface area contributed by atoms with Gasteiger partial charge >= 0.3 is 0 Å². The largest absolute Gasteiger partial charge is 0.437 e. The van der Waals surface area contributed by atoms with Crippen LogP contribution in [0.2, 0.25) is 5.02 Å². The molecule has 3 aromatic rings. The van der Waals surface area contributed by atoms with Crippen molar-refractivity contribution in [2.24, 2.45) is 0 Å². The number of non-ortho nitro benzene ring substituents is 1. The molecule has 39 heavy (non-hydrogen) atoms. The maximum Gasteiger partial charge on any atom is 0.274 e. The lowest BCUT2D eigenvalue weighted by Crippen LogP contribution is -2.40. The molecule has 1 aromatic heterocycles. The van der Waals surface area contributed by atoms with Gasteiger partial charge in [-0.1, -0.05) is 17.7 Å². The van der Waals surface area contributed by atoms with E-state index in [4.69, 9.17) is 21.1 Å². The summed E-state index contributed by atoms with van der Waals surface area (Å²) in [4.78, 5) is 25.5. The van der Waals surface area contributed by atoms with Crippen molar-refractivity contribution in [2.75, 3.05) is 39.4 Å². The van der Waals surface area contributed by atoms with Crippen molar-refractivity contribution < 1.29 is 27.6 Å². The first-order valence-electron chi connectivity index (χ1n) is 12.4. The molecule has 2 aliphatic heterocycles. The van der Waals surface area contributed by atoms with Gasteiger partial charge in [0.1, 0.15) is 10.6 Å². The Balaban J connectivity index is 1.64. The number of morpholine rings is 1. The maximum absolute atomic E-state index is 13.6. The van der Waals surface area contributed by atoms with Crippen LogP contribution in [-0.4, -0.2) is 77.6 Å². The van der Waals surface area contributed by atoms with Crippen molar-refractivity contribution in [3.8, 4) is 17.3 Å². The van der Waals surface area contributed by atoms with Crippen LogP contribution < -0.4 is 4.74 Å². The van der Waals surface area contributed by atoms with E-state index < -0.39 is 20.6 Å². The predicted octanol–water partition coefficient (Wildman–Crippen LogP) is 3.79. The van der Waals surface area contributed by atoms with Crippen molar-refractivity contribution in [3.63, 3.8) is 0 Å². The fraction of sp³-hybridized carbons (Fsp3) is 0.360. The van der Waals surface area contributed by atoms with Crippen LogP contribution in [-0.2, 0) is 14.8 Å². The Hall–Kier alpha value is -3.52. The second kappa shape index (κ2) is 10.9. The summed E-state index contributed by atoms with van der Waals surface area (Å²) in [5, 5.41) is 16.5. The minimum absolute atomic E-state index is 0.0899. The van der Waals surface area contributed by atoms with Gasteiger partial charge in [0.2, 0.25) is 15.9 Å². The molecule has 0 unspecified atom stereocenters. The third-order valence-electron chi connectivity index (χ3n) is 6.65. The van der Waals surface area contributed by atoms with Gasteiger partial charge in [-0.05, 0) is 44.0 Å². The van der Waals surface area contributed by atoms with E-state index in [0.717, 1.165) is 18.9 Å².